The largest absolute Gasteiger partial charge is 0.437 e. The molecule has 1 amide bonds. The number of rotatable bonds is 3. The molecule has 0 bridgehead atoms. The van der Waals surface area contributed by atoms with Crippen LogP contribution in [0, 0.1) is 0 Å². The highest BCUT2D eigenvalue weighted by molar-refractivity contribution is 5.91. The van der Waals surface area contributed by atoms with Gasteiger partial charge in [-0.15, -0.1) is 0 Å². The van der Waals surface area contributed by atoms with Gasteiger partial charge in [-0.1, -0.05) is 12.1 Å². The monoisotopic (exact) mass is 335 g/mol. The van der Waals surface area contributed by atoms with Crippen LogP contribution in [0.4, 0.5) is 5.82 Å². The standard InChI is InChI=1S/C18H17N5O2/c24-18(6-5-17-21-14-3-1-2-4-15(14)25-17)23-11-9-22(10-12-23)16-13-19-7-8-20-16/h1-8,13H,9-12H2. The number of carbonyl (C=O) groups excluding carboxylic acids is 1. The highest BCUT2D eigenvalue weighted by Crippen LogP contribution is 2.16. The third-order valence-electron chi connectivity index (χ3n) is 4.14. The maximum Gasteiger partial charge on any atom is 0.246 e. The Morgan fingerprint density at radius 3 is 2.72 bits per heavy atom. The Morgan fingerprint density at radius 1 is 1.12 bits per heavy atom. The summed E-state index contributed by atoms with van der Waals surface area (Å²) in [5.74, 6) is 1.24. The van der Waals surface area contributed by atoms with E-state index in [-0.39, 0.29) is 5.91 Å². The van der Waals surface area contributed by atoms with Crippen molar-refractivity contribution in [3.05, 3.63) is 54.8 Å². The number of benzene rings is 1. The lowest BCUT2D eigenvalue weighted by Crippen LogP contribution is -2.48. The minimum absolute atomic E-state index is 0.0407. The molecular formula is C18H17N5O2. The minimum Gasteiger partial charge on any atom is -0.437 e. The molecule has 3 aromatic rings. The molecule has 1 fully saturated rings. The van der Waals surface area contributed by atoms with Gasteiger partial charge in [0.25, 0.3) is 0 Å². The molecule has 0 atom stereocenters. The summed E-state index contributed by atoms with van der Waals surface area (Å²) in [7, 11) is 0. The third-order valence-corrected chi connectivity index (χ3v) is 4.14. The van der Waals surface area contributed by atoms with Gasteiger partial charge in [-0.2, -0.15) is 0 Å². The number of piperazine rings is 1. The second kappa shape index (κ2) is 6.72. The first kappa shape index (κ1) is 15.3. The summed E-state index contributed by atoms with van der Waals surface area (Å²) in [6, 6.07) is 7.53. The molecule has 1 saturated heterocycles. The van der Waals surface area contributed by atoms with E-state index < -0.39 is 0 Å². The van der Waals surface area contributed by atoms with Crippen molar-refractivity contribution in [3.8, 4) is 0 Å². The lowest BCUT2D eigenvalue weighted by atomic mass is 10.3. The first-order valence-electron chi connectivity index (χ1n) is 8.13. The molecule has 7 heteroatoms. The van der Waals surface area contributed by atoms with E-state index in [2.05, 4.69) is 19.9 Å². The van der Waals surface area contributed by atoms with Gasteiger partial charge in [0.1, 0.15) is 11.3 Å². The molecular weight excluding hydrogens is 318 g/mol. The SMILES string of the molecule is O=C(C=Cc1nc2ccccc2o1)N1CCN(c2cnccn2)CC1. The molecule has 0 spiro atoms. The fourth-order valence-corrected chi connectivity index (χ4v) is 2.82. The summed E-state index contributed by atoms with van der Waals surface area (Å²) in [5.41, 5.74) is 1.50. The van der Waals surface area contributed by atoms with Gasteiger partial charge >= 0.3 is 0 Å². The second-order valence-corrected chi connectivity index (χ2v) is 5.73. The van der Waals surface area contributed by atoms with Crippen LogP contribution in [0.25, 0.3) is 17.2 Å². The van der Waals surface area contributed by atoms with E-state index in [1.807, 2.05) is 29.2 Å². The normalized spacial score (nSPS) is 15.2. The summed E-state index contributed by atoms with van der Waals surface area (Å²) < 4.78 is 5.59. The molecule has 4 rings (SSSR count). The molecule has 0 unspecified atom stereocenters. The zero-order valence-electron chi connectivity index (χ0n) is 13.6. The molecule has 1 aromatic carbocycles. The molecule has 1 aliphatic heterocycles. The van der Waals surface area contributed by atoms with Crippen LogP contribution in [-0.4, -0.2) is 51.9 Å². The maximum absolute atomic E-state index is 12.4. The van der Waals surface area contributed by atoms with Crippen LogP contribution >= 0.6 is 0 Å². The lowest BCUT2D eigenvalue weighted by molar-refractivity contribution is -0.126. The number of carbonyl (C=O) groups is 1. The van der Waals surface area contributed by atoms with E-state index in [0.717, 1.165) is 24.4 Å². The van der Waals surface area contributed by atoms with Gasteiger partial charge in [0.15, 0.2) is 5.58 Å². The fraction of sp³-hybridized carbons (Fsp3) is 0.222. The Bertz CT molecular complexity index is 865. The quantitative estimate of drug-likeness (QED) is 0.681. The molecule has 0 saturated carbocycles. The number of aromatic nitrogens is 3. The predicted octanol–water partition coefficient (Wildman–Crippen LogP) is 1.98. The van der Waals surface area contributed by atoms with Crippen LogP contribution in [0.2, 0.25) is 0 Å². The number of amides is 1. The van der Waals surface area contributed by atoms with E-state index in [0.29, 0.717) is 24.6 Å². The highest BCUT2D eigenvalue weighted by atomic mass is 16.3. The first-order chi connectivity index (χ1) is 12.3. The van der Waals surface area contributed by atoms with Crippen molar-refractivity contribution in [2.75, 3.05) is 31.1 Å². The van der Waals surface area contributed by atoms with Crippen LogP contribution in [0.1, 0.15) is 5.89 Å². The van der Waals surface area contributed by atoms with E-state index in [1.54, 1.807) is 24.7 Å². The number of nitrogens with zero attached hydrogens (tertiary/aromatic N) is 5. The van der Waals surface area contributed by atoms with Crippen molar-refractivity contribution >= 4 is 28.9 Å². The van der Waals surface area contributed by atoms with Crippen LogP contribution in [0.5, 0.6) is 0 Å². The second-order valence-electron chi connectivity index (χ2n) is 5.73. The first-order valence-corrected chi connectivity index (χ1v) is 8.13. The molecule has 2 aromatic heterocycles. The third kappa shape index (κ3) is 3.35. The lowest BCUT2D eigenvalue weighted by Gasteiger charge is -2.34. The van der Waals surface area contributed by atoms with Gasteiger partial charge in [-0.05, 0) is 12.1 Å². The van der Waals surface area contributed by atoms with Gasteiger partial charge in [0.05, 0.1) is 6.20 Å². The number of hydrogen-bond acceptors (Lipinski definition) is 6. The molecule has 0 N–H and O–H groups in total. The topological polar surface area (TPSA) is 75.4 Å². The Balaban J connectivity index is 1.37. The summed E-state index contributed by atoms with van der Waals surface area (Å²) in [5, 5.41) is 0. The molecule has 0 radical (unpaired) electrons. The Morgan fingerprint density at radius 2 is 1.96 bits per heavy atom. The average Bonchev–Trinajstić information content (AvgIpc) is 3.10. The van der Waals surface area contributed by atoms with E-state index in [1.165, 1.54) is 6.08 Å². The van der Waals surface area contributed by atoms with Crippen molar-refractivity contribution in [2.24, 2.45) is 0 Å². The van der Waals surface area contributed by atoms with Crippen LogP contribution in [0.15, 0.2) is 53.3 Å². The van der Waals surface area contributed by atoms with Crippen LogP contribution < -0.4 is 4.90 Å². The molecule has 7 nitrogen and oxygen atoms in total. The zero-order valence-corrected chi connectivity index (χ0v) is 13.6. The highest BCUT2D eigenvalue weighted by Gasteiger charge is 2.20. The number of oxazole rings is 1. The number of anilines is 1. The van der Waals surface area contributed by atoms with Gasteiger partial charge in [-0.3, -0.25) is 9.78 Å². The number of hydrogen-bond donors (Lipinski definition) is 0. The summed E-state index contributed by atoms with van der Waals surface area (Å²) in [6.07, 6.45) is 8.21. The van der Waals surface area contributed by atoms with E-state index >= 15 is 0 Å². The maximum atomic E-state index is 12.4. The average molecular weight is 335 g/mol. The number of para-hydroxylation sites is 2. The summed E-state index contributed by atoms with van der Waals surface area (Å²) >= 11 is 0. The predicted molar refractivity (Wildman–Crippen MR) is 93.9 cm³/mol. The zero-order chi connectivity index (χ0) is 17.1. The fourth-order valence-electron chi connectivity index (χ4n) is 2.82. The van der Waals surface area contributed by atoms with Crippen molar-refractivity contribution < 1.29 is 9.21 Å². The summed E-state index contributed by atoms with van der Waals surface area (Å²) in [4.78, 5) is 29.0. The summed E-state index contributed by atoms with van der Waals surface area (Å²) in [6.45, 7) is 2.77. The smallest absolute Gasteiger partial charge is 0.246 e. The number of fused-ring (bicyclic) bond motifs is 1. The van der Waals surface area contributed by atoms with Crippen molar-refractivity contribution in [1.29, 1.82) is 0 Å². The van der Waals surface area contributed by atoms with Gasteiger partial charge in [-0.25, -0.2) is 9.97 Å². The van der Waals surface area contributed by atoms with Crippen molar-refractivity contribution in [2.45, 2.75) is 0 Å². The van der Waals surface area contributed by atoms with Gasteiger partial charge in [0, 0.05) is 50.7 Å². The van der Waals surface area contributed by atoms with Gasteiger partial charge in [0.2, 0.25) is 11.8 Å². The minimum atomic E-state index is -0.0407. The Labute approximate surface area is 144 Å². The molecule has 25 heavy (non-hydrogen) atoms. The van der Waals surface area contributed by atoms with E-state index in [4.69, 9.17) is 4.42 Å². The molecule has 3 heterocycles. The van der Waals surface area contributed by atoms with Crippen LogP contribution in [-0.2, 0) is 4.79 Å². The molecule has 126 valence electrons. The molecule has 1 aliphatic rings. The molecule has 0 aliphatic carbocycles. The van der Waals surface area contributed by atoms with Crippen molar-refractivity contribution in [3.63, 3.8) is 0 Å². The Kier molecular flexibility index (Phi) is 4.12. The Hall–Kier alpha value is -3.22. The van der Waals surface area contributed by atoms with Crippen LogP contribution in [0.3, 0.4) is 0 Å². The van der Waals surface area contributed by atoms with Crippen molar-refractivity contribution in [1.82, 2.24) is 19.9 Å². The van der Waals surface area contributed by atoms with E-state index in [9.17, 15) is 4.79 Å². The van der Waals surface area contributed by atoms with Gasteiger partial charge < -0.3 is 14.2 Å².